The molecule has 9 heteroatoms. The summed E-state index contributed by atoms with van der Waals surface area (Å²) in [4.78, 5) is 21.1. The maximum Gasteiger partial charge on any atom is 0.333 e. The number of carboxylic acid groups (broad SMARTS) is 2. The molecule has 0 aromatic heterocycles. The lowest BCUT2D eigenvalue weighted by Gasteiger charge is -2.48. The Morgan fingerprint density at radius 2 is 1.18 bits per heavy atom. The molecule has 2 N–H and O–H groups in total. The fourth-order valence-corrected chi connectivity index (χ4v) is 2.31. The minimum Gasteiger partial charge on any atom is -0.479 e. The summed E-state index contributed by atoms with van der Waals surface area (Å²) in [5.74, 6) is -17.5. The maximum atomic E-state index is 13.0. The summed E-state index contributed by atoms with van der Waals surface area (Å²) >= 11 is 0. The predicted octanol–water partition coefficient (Wildman–Crippen LogP) is 0.440. The van der Waals surface area contributed by atoms with Crippen molar-refractivity contribution < 1.29 is 42.1 Å². The van der Waals surface area contributed by atoms with E-state index in [4.69, 9.17) is 10.2 Å². The van der Waals surface area contributed by atoms with Crippen LogP contribution in [0.15, 0.2) is 0 Å². The van der Waals surface area contributed by atoms with Gasteiger partial charge in [-0.1, -0.05) is 0 Å². The lowest BCUT2D eigenvalue weighted by atomic mass is 9.63. The molecule has 1 aliphatic heterocycles. The Labute approximate surface area is 91.0 Å². The van der Waals surface area contributed by atoms with Gasteiger partial charge >= 0.3 is 23.8 Å². The predicted molar refractivity (Wildman–Crippen MR) is 40.8 cm³/mol. The van der Waals surface area contributed by atoms with E-state index < -0.39 is 47.8 Å². The van der Waals surface area contributed by atoms with Gasteiger partial charge in [-0.05, 0) is 0 Å². The van der Waals surface area contributed by atoms with Gasteiger partial charge in [-0.25, -0.2) is 9.59 Å². The Morgan fingerprint density at radius 1 is 0.882 bits per heavy atom. The van der Waals surface area contributed by atoms with Crippen molar-refractivity contribution >= 4 is 11.9 Å². The van der Waals surface area contributed by atoms with Crippen molar-refractivity contribution in [3.63, 3.8) is 0 Å². The number of fused-ring (bicyclic) bond motifs is 1. The first-order valence-corrected chi connectivity index (χ1v) is 4.49. The van der Waals surface area contributed by atoms with E-state index in [0.29, 0.717) is 0 Å². The summed E-state index contributed by atoms with van der Waals surface area (Å²) < 4.78 is 56.4. The van der Waals surface area contributed by atoms with E-state index in [0.717, 1.165) is 0 Å². The molecule has 4 atom stereocenters. The number of aliphatic carboxylic acids is 2. The fraction of sp³-hybridized carbons (Fsp3) is 0.750. The molecule has 2 rings (SSSR count). The molecular formula is C8H6F4O5. The smallest absolute Gasteiger partial charge is 0.333 e. The van der Waals surface area contributed by atoms with E-state index in [9.17, 15) is 27.2 Å². The third kappa shape index (κ3) is 1.22. The fourth-order valence-electron chi connectivity index (χ4n) is 2.31. The lowest BCUT2D eigenvalue weighted by Crippen LogP contribution is -2.69. The molecule has 1 heterocycles. The first kappa shape index (κ1) is 12.1. The standard InChI is InChI=1S/C8H6F4O5/c9-7(10)1-2(8(7,11)12)4(6(15)16)17-3(1)5(13)14/h1-4H,(H,13,14)(H,15,16)/t1-,2+,3-,4-/m1/s1. The molecule has 0 spiro atoms. The van der Waals surface area contributed by atoms with Crippen LogP contribution in [0.5, 0.6) is 0 Å². The zero-order chi connectivity index (χ0) is 13.2. The minimum absolute atomic E-state index is 1.88. The number of rotatable bonds is 2. The second kappa shape index (κ2) is 3.09. The van der Waals surface area contributed by atoms with E-state index in [-0.39, 0.29) is 0 Å². The molecule has 1 aliphatic carbocycles. The van der Waals surface area contributed by atoms with Gasteiger partial charge in [-0.2, -0.15) is 17.6 Å². The van der Waals surface area contributed by atoms with Crippen molar-refractivity contribution in [2.24, 2.45) is 11.8 Å². The van der Waals surface area contributed by atoms with Gasteiger partial charge in [-0.15, -0.1) is 0 Å². The van der Waals surface area contributed by atoms with E-state index in [2.05, 4.69) is 4.74 Å². The first-order chi connectivity index (χ1) is 7.62. The summed E-state index contributed by atoms with van der Waals surface area (Å²) in [6.07, 6.45) is -4.45. The highest BCUT2D eigenvalue weighted by Crippen LogP contribution is 2.65. The highest BCUT2D eigenvalue weighted by molar-refractivity contribution is 5.79. The average Bonchev–Trinajstić information content (AvgIpc) is 2.56. The molecule has 1 saturated carbocycles. The number of hydrogen-bond donors (Lipinski definition) is 2. The molecule has 5 nitrogen and oxygen atoms in total. The second-order valence-corrected chi connectivity index (χ2v) is 3.95. The minimum atomic E-state index is -4.56. The second-order valence-electron chi connectivity index (χ2n) is 3.95. The van der Waals surface area contributed by atoms with Crippen molar-refractivity contribution in [2.75, 3.05) is 0 Å². The van der Waals surface area contributed by atoms with Gasteiger partial charge in [0.2, 0.25) is 0 Å². The summed E-state index contributed by atoms with van der Waals surface area (Å²) in [6.45, 7) is 0. The summed E-state index contributed by atoms with van der Waals surface area (Å²) in [5.41, 5.74) is 0. The summed E-state index contributed by atoms with van der Waals surface area (Å²) in [5, 5.41) is 17.1. The van der Waals surface area contributed by atoms with Crippen LogP contribution in [0.3, 0.4) is 0 Å². The monoisotopic (exact) mass is 258 g/mol. The van der Waals surface area contributed by atoms with Crippen LogP contribution in [0, 0.1) is 11.8 Å². The molecule has 0 bridgehead atoms. The summed E-state index contributed by atoms with van der Waals surface area (Å²) in [7, 11) is 0. The third-order valence-corrected chi connectivity index (χ3v) is 3.10. The quantitative estimate of drug-likeness (QED) is 0.702. The SMILES string of the molecule is O=C(O)[C@@H]1O[C@@H](C(=O)O)[C@@H]2[C@H]1C(F)(F)C2(F)F. The van der Waals surface area contributed by atoms with Crippen molar-refractivity contribution in [1.29, 1.82) is 0 Å². The largest absolute Gasteiger partial charge is 0.479 e. The first-order valence-electron chi connectivity index (χ1n) is 4.49. The van der Waals surface area contributed by atoms with E-state index in [1.807, 2.05) is 0 Å². The van der Waals surface area contributed by atoms with Crippen molar-refractivity contribution in [3.8, 4) is 0 Å². The molecule has 0 aromatic carbocycles. The Hall–Kier alpha value is -1.38. The Bertz CT molecular complexity index is 359. The number of halogens is 4. The molecule has 1 saturated heterocycles. The highest BCUT2D eigenvalue weighted by Gasteiger charge is 2.86. The number of ether oxygens (including phenoxy) is 1. The zero-order valence-corrected chi connectivity index (χ0v) is 7.94. The number of carboxylic acids is 2. The van der Waals surface area contributed by atoms with Crippen LogP contribution in [0.4, 0.5) is 17.6 Å². The number of carbonyl (C=O) groups is 2. The van der Waals surface area contributed by atoms with Crippen LogP contribution in [0.1, 0.15) is 0 Å². The van der Waals surface area contributed by atoms with Crippen molar-refractivity contribution in [2.45, 2.75) is 24.1 Å². The van der Waals surface area contributed by atoms with Gasteiger partial charge in [0, 0.05) is 0 Å². The van der Waals surface area contributed by atoms with Crippen LogP contribution >= 0.6 is 0 Å². The van der Waals surface area contributed by atoms with Crippen molar-refractivity contribution in [1.82, 2.24) is 0 Å². The molecule has 0 amide bonds. The Balaban J connectivity index is 2.39. The average molecular weight is 258 g/mol. The van der Waals surface area contributed by atoms with E-state index >= 15 is 0 Å². The molecule has 2 fully saturated rings. The number of hydrogen-bond acceptors (Lipinski definition) is 3. The van der Waals surface area contributed by atoms with Crippen LogP contribution in [0.2, 0.25) is 0 Å². The van der Waals surface area contributed by atoms with Crippen LogP contribution in [0.25, 0.3) is 0 Å². The zero-order valence-electron chi connectivity index (χ0n) is 7.94. The molecule has 2 aliphatic rings. The van der Waals surface area contributed by atoms with Gasteiger partial charge in [-0.3, -0.25) is 0 Å². The van der Waals surface area contributed by atoms with E-state index in [1.54, 1.807) is 0 Å². The molecule has 0 radical (unpaired) electrons. The van der Waals surface area contributed by atoms with Crippen LogP contribution in [-0.4, -0.2) is 46.2 Å². The Morgan fingerprint density at radius 3 is 1.41 bits per heavy atom. The Kier molecular flexibility index (Phi) is 2.20. The van der Waals surface area contributed by atoms with Crippen LogP contribution in [-0.2, 0) is 14.3 Å². The lowest BCUT2D eigenvalue weighted by molar-refractivity contribution is -0.347. The van der Waals surface area contributed by atoms with Crippen molar-refractivity contribution in [3.05, 3.63) is 0 Å². The van der Waals surface area contributed by atoms with Gasteiger partial charge in [0.05, 0.1) is 11.8 Å². The highest BCUT2D eigenvalue weighted by atomic mass is 19.3. The topological polar surface area (TPSA) is 83.8 Å². The molecule has 17 heavy (non-hydrogen) atoms. The number of alkyl halides is 4. The van der Waals surface area contributed by atoms with Gasteiger partial charge in [0.25, 0.3) is 0 Å². The molecular weight excluding hydrogens is 252 g/mol. The third-order valence-electron chi connectivity index (χ3n) is 3.10. The van der Waals surface area contributed by atoms with Crippen LogP contribution < -0.4 is 0 Å². The molecule has 0 aromatic rings. The maximum absolute atomic E-state index is 13.0. The normalized spacial score (nSPS) is 41.4. The molecule has 96 valence electrons. The van der Waals surface area contributed by atoms with E-state index in [1.165, 1.54) is 0 Å². The van der Waals surface area contributed by atoms with Gasteiger partial charge < -0.3 is 14.9 Å². The van der Waals surface area contributed by atoms with Gasteiger partial charge in [0.15, 0.2) is 12.2 Å². The van der Waals surface area contributed by atoms with Gasteiger partial charge in [0.1, 0.15) is 0 Å². The molecule has 0 unspecified atom stereocenters. The summed E-state index contributed by atoms with van der Waals surface area (Å²) in [6, 6.07) is 0.